The van der Waals surface area contributed by atoms with Crippen molar-refractivity contribution in [2.75, 3.05) is 18.9 Å². The Kier molecular flexibility index (Phi) is 6.68. The van der Waals surface area contributed by atoms with Gasteiger partial charge in [-0.3, -0.25) is 14.1 Å². The first kappa shape index (κ1) is 24.6. The van der Waals surface area contributed by atoms with Gasteiger partial charge in [0.2, 0.25) is 5.88 Å². The maximum absolute atomic E-state index is 12.7. The molecule has 0 radical (unpaired) electrons. The lowest BCUT2D eigenvalue weighted by Gasteiger charge is -2.14. The van der Waals surface area contributed by atoms with Crippen molar-refractivity contribution in [3.05, 3.63) is 84.7 Å². The molecule has 4 heterocycles. The van der Waals surface area contributed by atoms with Crippen LogP contribution in [0.3, 0.4) is 0 Å². The highest BCUT2D eigenvalue weighted by Crippen LogP contribution is 2.30. The van der Waals surface area contributed by atoms with Crippen LogP contribution in [-0.2, 0) is 11.2 Å². The first-order valence-electron chi connectivity index (χ1n) is 12.9. The summed E-state index contributed by atoms with van der Waals surface area (Å²) in [4.78, 5) is 28.1. The summed E-state index contributed by atoms with van der Waals surface area (Å²) in [5, 5.41) is 12.1. The Morgan fingerprint density at radius 3 is 2.90 bits per heavy atom. The van der Waals surface area contributed by atoms with Gasteiger partial charge in [-0.15, -0.1) is 10.2 Å². The monoisotopic (exact) mass is 520 g/mol. The largest absolute Gasteiger partial charge is 0.439 e. The van der Waals surface area contributed by atoms with E-state index in [1.54, 1.807) is 29.2 Å². The van der Waals surface area contributed by atoms with Gasteiger partial charge in [0.15, 0.2) is 11.4 Å². The number of carbonyl (C=O) groups is 1. The molecule has 1 saturated heterocycles. The number of ether oxygens (including phenoxy) is 1. The van der Waals surface area contributed by atoms with Crippen molar-refractivity contribution in [2.24, 2.45) is 0 Å². The molecular weight excluding hydrogens is 492 g/mol. The minimum atomic E-state index is 0.0878. The second-order valence-corrected chi connectivity index (χ2v) is 9.80. The summed E-state index contributed by atoms with van der Waals surface area (Å²) in [6, 6.07) is 13.7. The average Bonchev–Trinajstić information content (AvgIpc) is 3.57. The Morgan fingerprint density at radius 1 is 1.13 bits per heavy atom. The number of likely N-dealkylation sites (tertiary alicyclic amines) is 1. The molecule has 0 amide bonds. The number of nitrogens with zero attached hydrogens (tertiary/aromatic N) is 7. The van der Waals surface area contributed by atoms with Crippen LogP contribution in [0.25, 0.3) is 16.6 Å². The molecule has 1 aliphatic rings. The topological polar surface area (TPSA) is 110 Å². The normalized spacial score (nSPS) is 15.9. The van der Waals surface area contributed by atoms with E-state index in [0.717, 1.165) is 40.7 Å². The number of hydrogen-bond donors (Lipinski definition) is 1. The second-order valence-electron chi connectivity index (χ2n) is 9.80. The predicted molar refractivity (Wildman–Crippen MR) is 148 cm³/mol. The lowest BCUT2D eigenvalue weighted by atomic mass is 10.0. The number of nitrogens with one attached hydrogen (secondary N) is 1. The third kappa shape index (κ3) is 5.46. The van der Waals surface area contributed by atoms with E-state index in [4.69, 9.17) is 4.74 Å². The molecule has 6 rings (SSSR count). The van der Waals surface area contributed by atoms with Crippen LogP contribution < -0.4 is 10.1 Å². The summed E-state index contributed by atoms with van der Waals surface area (Å²) in [6.07, 6.45) is 11.1. The van der Waals surface area contributed by atoms with Gasteiger partial charge in [-0.25, -0.2) is 15.0 Å². The Labute approximate surface area is 225 Å². The maximum Gasteiger partial charge on any atom is 0.224 e. The number of fused-ring (bicyclic) bond motifs is 2. The Bertz CT molecular complexity index is 1700. The van der Waals surface area contributed by atoms with Crippen molar-refractivity contribution in [1.29, 1.82) is 0 Å². The average molecular weight is 521 g/mol. The Morgan fingerprint density at radius 2 is 2.05 bits per heavy atom. The fourth-order valence-corrected chi connectivity index (χ4v) is 4.83. The van der Waals surface area contributed by atoms with Crippen LogP contribution in [-0.4, -0.2) is 59.9 Å². The lowest BCUT2D eigenvalue weighted by Crippen LogP contribution is -2.22. The zero-order valence-corrected chi connectivity index (χ0v) is 21.8. The number of anilines is 2. The van der Waals surface area contributed by atoms with Gasteiger partial charge in [-0.2, -0.15) is 0 Å². The van der Waals surface area contributed by atoms with Crippen molar-refractivity contribution in [3.8, 4) is 11.6 Å². The summed E-state index contributed by atoms with van der Waals surface area (Å²) >= 11 is 0. The van der Waals surface area contributed by atoms with Gasteiger partial charge in [0, 0.05) is 29.6 Å². The molecule has 0 unspecified atom stereocenters. The molecule has 1 atom stereocenters. The number of ketones is 1. The number of aryl methyl sites for hydroxylation is 1. The van der Waals surface area contributed by atoms with Gasteiger partial charge in [-0.05, 0) is 80.9 Å². The number of hydrogen-bond acceptors (Lipinski definition) is 9. The van der Waals surface area contributed by atoms with Crippen molar-refractivity contribution in [2.45, 2.75) is 32.2 Å². The fraction of sp³-hybridized carbons (Fsp3) is 0.241. The minimum absolute atomic E-state index is 0.0878. The van der Waals surface area contributed by atoms with Crippen LogP contribution >= 0.6 is 0 Å². The molecule has 196 valence electrons. The van der Waals surface area contributed by atoms with E-state index in [9.17, 15) is 4.79 Å². The fourth-order valence-electron chi connectivity index (χ4n) is 4.83. The van der Waals surface area contributed by atoms with E-state index < -0.39 is 0 Å². The highest BCUT2D eigenvalue weighted by molar-refractivity contribution is 5.94. The quantitative estimate of drug-likeness (QED) is 0.292. The van der Waals surface area contributed by atoms with Gasteiger partial charge in [0.1, 0.15) is 30.5 Å². The van der Waals surface area contributed by atoms with Gasteiger partial charge in [0.25, 0.3) is 0 Å². The molecular formula is C29H28N8O2. The molecule has 0 bridgehead atoms. The van der Waals surface area contributed by atoms with Crippen molar-refractivity contribution >= 4 is 33.8 Å². The number of benzene rings is 2. The molecule has 1 fully saturated rings. The smallest absolute Gasteiger partial charge is 0.224 e. The number of carbonyl (C=O) groups excluding carboxylic acids is 1. The SMILES string of the molecule is Cc1cc(Nc2ncnc3ccc(CC(=O)/C=C/[C@H]4CCCN4C)cc23)ccc1Oc1cc2nncn2cn1. The predicted octanol–water partition coefficient (Wildman–Crippen LogP) is 4.67. The molecule has 5 aromatic rings. The van der Waals surface area contributed by atoms with Crippen LogP contribution in [0.15, 0.2) is 73.6 Å². The minimum Gasteiger partial charge on any atom is -0.439 e. The number of rotatable bonds is 8. The summed E-state index contributed by atoms with van der Waals surface area (Å²) in [6.45, 7) is 3.05. The highest BCUT2D eigenvalue weighted by atomic mass is 16.5. The molecule has 39 heavy (non-hydrogen) atoms. The zero-order chi connectivity index (χ0) is 26.8. The lowest BCUT2D eigenvalue weighted by molar-refractivity contribution is -0.114. The van der Waals surface area contributed by atoms with E-state index in [2.05, 4.69) is 42.4 Å². The molecule has 0 spiro atoms. The molecule has 10 heteroatoms. The van der Waals surface area contributed by atoms with E-state index in [-0.39, 0.29) is 5.78 Å². The first-order valence-corrected chi connectivity index (χ1v) is 12.9. The maximum atomic E-state index is 12.7. The van der Waals surface area contributed by atoms with Crippen LogP contribution in [0.2, 0.25) is 0 Å². The summed E-state index contributed by atoms with van der Waals surface area (Å²) in [7, 11) is 2.10. The standard InChI is InChI=1S/C29H28N8O2/c1-19-12-21(6-10-26(19)39-28-15-27-35-33-18-37(27)17-32-28)34-29-24-14-20(5-9-25(24)30-16-31-29)13-23(38)8-7-22-4-3-11-36(22)2/h5-10,12,14-18,22H,3-4,11,13H2,1-2H3,(H,30,31,34)/b8-7+/t22-/m1/s1. The number of likely N-dealkylation sites (N-methyl/N-ethyl adjacent to an activating group) is 1. The van der Waals surface area contributed by atoms with E-state index in [1.165, 1.54) is 12.7 Å². The summed E-state index contributed by atoms with van der Waals surface area (Å²) in [5.74, 6) is 1.88. The van der Waals surface area contributed by atoms with Gasteiger partial charge in [-0.1, -0.05) is 12.1 Å². The Hall–Kier alpha value is -4.70. The summed E-state index contributed by atoms with van der Waals surface area (Å²) < 4.78 is 7.70. The van der Waals surface area contributed by atoms with Crippen molar-refractivity contribution in [3.63, 3.8) is 0 Å². The highest BCUT2D eigenvalue weighted by Gasteiger charge is 2.18. The van der Waals surface area contributed by atoms with Gasteiger partial charge < -0.3 is 10.1 Å². The molecule has 1 N–H and O–H groups in total. The third-order valence-electron chi connectivity index (χ3n) is 6.97. The van der Waals surface area contributed by atoms with Crippen molar-refractivity contribution < 1.29 is 9.53 Å². The molecule has 3 aromatic heterocycles. The molecule has 0 saturated carbocycles. The van der Waals surface area contributed by atoms with Crippen LogP contribution in [0.5, 0.6) is 11.6 Å². The zero-order valence-electron chi connectivity index (χ0n) is 21.8. The first-order chi connectivity index (χ1) is 19.0. The van der Waals surface area contributed by atoms with Gasteiger partial charge >= 0.3 is 0 Å². The van der Waals surface area contributed by atoms with Crippen LogP contribution in [0.4, 0.5) is 11.5 Å². The Balaban J connectivity index is 1.18. The van der Waals surface area contributed by atoms with E-state index in [0.29, 0.717) is 35.6 Å². The van der Waals surface area contributed by atoms with Crippen molar-refractivity contribution in [1.82, 2.24) is 34.4 Å². The van der Waals surface area contributed by atoms with Crippen LogP contribution in [0, 0.1) is 6.92 Å². The molecule has 10 nitrogen and oxygen atoms in total. The second kappa shape index (κ2) is 10.6. The van der Waals surface area contributed by atoms with Crippen LogP contribution in [0.1, 0.15) is 24.0 Å². The molecule has 1 aliphatic heterocycles. The molecule has 0 aliphatic carbocycles. The van der Waals surface area contributed by atoms with E-state index >= 15 is 0 Å². The van der Waals surface area contributed by atoms with Gasteiger partial charge in [0.05, 0.1) is 5.52 Å². The number of aromatic nitrogens is 6. The molecule has 2 aromatic carbocycles. The van der Waals surface area contributed by atoms with E-state index in [1.807, 2.05) is 49.4 Å². The third-order valence-corrected chi connectivity index (χ3v) is 6.97. The number of allylic oxidation sites excluding steroid dienone is 1. The summed E-state index contributed by atoms with van der Waals surface area (Å²) in [5.41, 5.74) is 4.16.